The van der Waals surface area contributed by atoms with Gasteiger partial charge >= 0.3 is 0 Å². The monoisotopic (exact) mass is 291 g/mol. The predicted octanol–water partition coefficient (Wildman–Crippen LogP) is 1.33. The summed E-state index contributed by atoms with van der Waals surface area (Å²) in [6.45, 7) is 7.51. The van der Waals surface area contributed by atoms with E-state index >= 15 is 0 Å². The summed E-state index contributed by atoms with van der Waals surface area (Å²) in [5.41, 5.74) is 0. The zero-order valence-electron chi connectivity index (χ0n) is 12.6. The molecule has 1 fully saturated rings. The smallest absolute Gasteiger partial charge is 0.279 e. The van der Waals surface area contributed by atoms with Crippen LogP contribution in [0.1, 0.15) is 46.5 Å². The highest BCUT2D eigenvalue weighted by Gasteiger charge is 2.26. The molecule has 0 aromatic heterocycles. The van der Waals surface area contributed by atoms with Gasteiger partial charge in [-0.15, -0.1) is 0 Å². The summed E-state index contributed by atoms with van der Waals surface area (Å²) < 4.78 is 28.3. The third-order valence-electron chi connectivity index (χ3n) is 3.35. The third kappa shape index (κ3) is 7.25. The van der Waals surface area contributed by atoms with Crippen LogP contribution in [0.15, 0.2) is 0 Å². The molecular formula is C13H29N3O2S. The molecule has 1 aliphatic rings. The molecule has 19 heavy (non-hydrogen) atoms. The minimum Gasteiger partial charge on any atom is -0.314 e. The quantitative estimate of drug-likeness (QED) is 0.597. The van der Waals surface area contributed by atoms with Crippen molar-refractivity contribution in [3.8, 4) is 0 Å². The average Bonchev–Trinajstić information content (AvgIpc) is 3.06. The molecule has 0 radical (unpaired) electrons. The van der Waals surface area contributed by atoms with Crippen molar-refractivity contribution in [2.45, 2.75) is 58.5 Å². The van der Waals surface area contributed by atoms with Gasteiger partial charge in [0.15, 0.2) is 0 Å². The SMILES string of the molecule is CC(C)NCCCN(C)S(=O)(=O)NC(C)CC1CC1. The number of nitrogens with zero attached hydrogens (tertiary/aromatic N) is 1. The van der Waals surface area contributed by atoms with Gasteiger partial charge in [0.05, 0.1) is 0 Å². The molecule has 0 aliphatic heterocycles. The van der Waals surface area contributed by atoms with E-state index in [-0.39, 0.29) is 6.04 Å². The molecule has 6 heteroatoms. The van der Waals surface area contributed by atoms with Crippen LogP contribution in [0.3, 0.4) is 0 Å². The first-order valence-corrected chi connectivity index (χ1v) is 8.72. The van der Waals surface area contributed by atoms with Crippen molar-refractivity contribution in [3.63, 3.8) is 0 Å². The van der Waals surface area contributed by atoms with Crippen LogP contribution >= 0.6 is 0 Å². The molecular weight excluding hydrogens is 262 g/mol. The Hall–Kier alpha value is -0.170. The van der Waals surface area contributed by atoms with Crippen LogP contribution in [0, 0.1) is 5.92 Å². The Morgan fingerprint density at radius 3 is 2.42 bits per heavy atom. The lowest BCUT2D eigenvalue weighted by Crippen LogP contribution is -2.43. The van der Waals surface area contributed by atoms with E-state index in [9.17, 15) is 8.42 Å². The van der Waals surface area contributed by atoms with Crippen molar-refractivity contribution >= 4 is 10.2 Å². The molecule has 1 rings (SSSR count). The molecule has 0 aromatic rings. The van der Waals surface area contributed by atoms with Gasteiger partial charge in [-0.2, -0.15) is 17.4 Å². The molecule has 0 bridgehead atoms. The Balaban J connectivity index is 2.25. The van der Waals surface area contributed by atoms with Gasteiger partial charge in [0.25, 0.3) is 10.2 Å². The topological polar surface area (TPSA) is 61.4 Å². The summed E-state index contributed by atoms with van der Waals surface area (Å²) >= 11 is 0. The van der Waals surface area contributed by atoms with E-state index in [1.807, 2.05) is 6.92 Å². The van der Waals surface area contributed by atoms with Gasteiger partial charge in [-0.25, -0.2) is 0 Å². The van der Waals surface area contributed by atoms with Crippen molar-refractivity contribution in [3.05, 3.63) is 0 Å². The van der Waals surface area contributed by atoms with Crippen LogP contribution in [-0.4, -0.2) is 44.9 Å². The van der Waals surface area contributed by atoms with Crippen LogP contribution in [0.5, 0.6) is 0 Å². The fourth-order valence-electron chi connectivity index (χ4n) is 2.06. The molecule has 1 saturated carbocycles. The molecule has 0 saturated heterocycles. The van der Waals surface area contributed by atoms with Gasteiger partial charge < -0.3 is 5.32 Å². The molecule has 0 heterocycles. The minimum absolute atomic E-state index is 0.0359. The third-order valence-corrected chi connectivity index (χ3v) is 5.05. The molecule has 2 N–H and O–H groups in total. The van der Waals surface area contributed by atoms with Gasteiger partial charge in [0.1, 0.15) is 0 Å². The van der Waals surface area contributed by atoms with Crippen LogP contribution in [-0.2, 0) is 10.2 Å². The lowest BCUT2D eigenvalue weighted by molar-refractivity contribution is 0.427. The van der Waals surface area contributed by atoms with E-state index in [1.54, 1.807) is 7.05 Å². The Kier molecular flexibility index (Phi) is 6.73. The molecule has 1 aliphatic carbocycles. The van der Waals surface area contributed by atoms with E-state index in [0.29, 0.717) is 12.6 Å². The highest BCUT2D eigenvalue weighted by atomic mass is 32.2. The van der Waals surface area contributed by atoms with Gasteiger partial charge in [-0.3, -0.25) is 0 Å². The van der Waals surface area contributed by atoms with E-state index in [1.165, 1.54) is 17.1 Å². The number of hydrogen-bond donors (Lipinski definition) is 2. The Morgan fingerprint density at radius 2 is 1.89 bits per heavy atom. The van der Waals surface area contributed by atoms with Crippen LogP contribution in [0.4, 0.5) is 0 Å². The summed E-state index contributed by atoms with van der Waals surface area (Å²) in [6.07, 6.45) is 4.29. The maximum atomic E-state index is 12.1. The second-order valence-corrected chi connectivity index (χ2v) is 7.80. The number of rotatable bonds is 10. The minimum atomic E-state index is -3.32. The van der Waals surface area contributed by atoms with Gasteiger partial charge in [0, 0.05) is 25.7 Å². The normalized spacial score (nSPS) is 18.2. The van der Waals surface area contributed by atoms with Crippen LogP contribution in [0.2, 0.25) is 0 Å². The zero-order chi connectivity index (χ0) is 14.5. The molecule has 1 atom stereocenters. The summed E-state index contributed by atoms with van der Waals surface area (Å²) in [7, 11) is -1.68. The van der Waals surface area contributed by atoms with Crippen molar-refractivity contribution < 1.29 is 8.42 Å². The first-order chi connectivity index (χ1) is 8.81. The lowest BCUT2D eigenvalue weighted by Gasteiger charge is -2.21. The van der Waals surface area contributed by atoms with Crippen molar-refractivity contribution in [1.82, 2.24) is 14.3 Å². The zero-order valence-corrected chi connectivity index (χ0v) is 13.5. The molecule has 5 nitrogen and oxygen atoms in total. The fourth-order valence-corrected chi connectivity index (χ4v) is 3.21. The largest absolute Gasteiger partial charge is 0.314 e. The first kappa shape index (κ1) is 16.9. The van der Waals surface area contributed by atoms with E-state index in [4.69, 9.17) is 0 Å². The summed E-state index contributed by atoms with van der Waals surface area (Å²) in [5.74, 6) is 0.734. The standard InChI is InChI=1S/C13H29N3O2S/c1-11(2)14-8-5-9-16(4)19(17,18)15-12(3)10-13-6-7-13/h11-15H,5-10H2,1-4H3. The summed E-state index contributed by atoms with van der Waals surface area (Å²) in [6, 6.07) is 0.479. The van der Waals surface area contributed by atoms with Crippen molar-refractivity contribution in [2.24, 2.45) is 5.92 Å². The van der Waals surface area contributed by atoms with Gasteiger partial charge in [-0.1, -0.05) is 26.7 Å². The van der Waals surface area contributed by atoms with Crippen LogP contribution in [0.25, 0.3) is 0 Å². The lowest BCUT2D eigenvalue weighted by atomic mass is 10.2. The van der Waals surface area contributed by atoms with Crippen molar-refractivity contribution in [2.75, 3.05) is 20.1 Å². The second-order valence-electron chi connectivity index (χ2n) is 5.99. The first-order valence-electron chi connectivity index (χ1n) is 7.28. The molecule has 1 unspecified atom stereocenters. The Bertz CT molecular complexity index is 353. The Labute approximate surface area is 118 Å². The number of nitrogens with one attached hydrogen (secondary N) is 2. The average molecular weight is 291 g/mol. The maximum absolute atomic E-state index is 12.1. The predicted molar refractivity (Wildman–Crippen MR) is 79.2 cm³/mol. The van der Waals surface area contributed by atoms with Gasteiger partial charge in [0.2, 0.25) is 0 Å². The van der Waals surface area contributed by atoms with E-state index in [0.717, 1.165) is 25.3 Å². The molecule has 0 aromatic carbocycles. The van der Waals surface area contributed by atoms with E-state index in [2.05, 4.69) is 23.9 Å². The summed E-state index contributed by atoms with van der Waals surface area (Å²) in [5, 5.41) is 3.29. The highest BCUT2D eigenvalue weighted by molar-refractivity contribution is 7.87. The molecule has 0 amide bonds. The fraction of sp³-hybridized carbons (Fsp3) is 1.00. The molecule has 0 spiro atoms. The van der Waals surface area contributed by atoms with Gasteiger partial charge in [-0.05, 0) is 32.2 Å². The van der Waals surface area contributed by atoms with Crippen LogP contribution < -0.4 is 10.0 Å². The maximum Gasteiger partial charge on any atom is 0.279 e. The summed E-state index contributed by atoms with van der Waals surface area (Å²) in [4.78, 5) is 0. The second kappa shape index (κ2) is 7.57. The number of hydrogen-bond acceptors (Lipinski definition) is 3. The van der Waals surface area contributed by atoms with Crippen molar-refractivity contribution in [1.29, 1.82) is 0 Å². The molecule has 114 valence electrons. The Morgan fingerprint density at radius 1 is 1.26 bits per heavy atom. The highest BCUT2D eigenvalue weighted by Crippen LogP contribution is 2.33. The van der Waals surface area contributed by atoms with E-state index < -0.39 is 10.2 Å².